The summed E-state index contributed by atoms with van der Waals surface area (Å²) in [6.07, 6.45) is 2.52. The summed E-state index contributed by atoms with van der Waals surface area (Å²) in [5.41, 5.74) is 0.296. The van der Waals surface area contributed by atoms with Gasteiger partial charge >= 0.3 is 5.97 Å². The number of rotatable bonds is 4. The highest BCUT2D eigenvalue weighted by atomic mass is 79.9. The van der Waals surface area contributed by atoms with E-state index < -0.39 is 11.4 Å². The molecule has 0 aromatic heterocycles. The monoisotopic (exact) mass is 328 g/mol. The third-order valence-electron chi connectivity index (χ3n) is 3.46. The number of hydrogen-bond donors (Lipinski definition) is 1. The van der Waals surface area contributed by atoms with Crippen LogP contribution in [0.5, 0.6) is 0 Å². The zero-order valence-electron chi connectivity index (χ0n) is 10.6. The topological polar surface area (TPSA) is 37.3 Å². The molecule has 0 radical (unpaired) electrons. The molecule has 1 aliphatic rings. The Morgan fingerprint density at radius 3 is 2.50 bits per heavy atom. The predicted molar refractivity (Wildman–Crippen MR) is 78.3 cm³/mol. The Labute approximate surface area is 120 Å². The first-order valence-corrected chi connectivity index (χ1v) is 7.83. The molecule has 2 nitrogen and oxygen atoms in total. The third kappa shape index (κ3) is 2.45. The maximum absolute atomic E-state index is 11.5. The summed E-state index contributed by atoms with van der Waals surface area (Å²) >= 11 is 5.34. The molecule has 4 heteroatoms. The van der Waals surface area contributed by atoms with Crippen molar-refractivity contribution in [3.8, 4) is 0 Å². The summed E-state index contributed by atoms with van der Waals surface area (Å²) in [6, 6.07) is 5.99. The molecule has 0 atom stereocenters. The van der Waals surface area contributed by atoms with E-state index in [2.05, 4.69) is 29.8 Å². The van der Waals surface area contributed by atoms with E-state index in [0.717, 1.165) is 29.3 Å². The Balaban J connectivity index is 2.31. The first-order chi connectivity index (χ1) is 8.45. The van der Waals surface area contributed by atoms with Gasteiger partial charge in [-0.25, -0.2) is 0 Å². The van der Waals surface area contributed by atoms with E-state index in [1.54, 1.807) is 11.8 Å². The maximum Gasteiger partial charge on any atom is 0.314 e. The molecular weight excluding hydrogens is 312 g/mol. The van der Waals surface area contributed by atoms with E-state index >= 15 is 0 Å². The highest BCUT2D eigenvalue weighted by Crippen LogP contribution is 2.45. The molecular formula is C14H17BrO2S. The molecule has 0 unspecified atom stereocenters. The minimum Gasteiger partial charge on any atom is -0.481 e. The summed E-state index contributed by atoms with van der Waals surface area (Å²) < 4.78 is 1.01. The fourth-order valence-electron chi connectivity index (χ4n) is 2.30. The molecule has 1 N–H and O–H groups in total. The van der Waals surface area contributed by atoms with Crippen molar-refractivity contribution < 1.29 is 9.90 Å². The molecule has 1 aromatic carbocycles. The van der Waals surface area contributed by atoms with Gasteiger partial charge in [-0.2, -0.15) is 0 Å². The Morgan fingerprint density at radius 2 is 2.11 bits per heavy atom. The molecule has 1 aliphatic carbocycles. The molecule has 18 heavy (non-hydrogen) atoms. The van der Waals surface area contributed by atoms with E-state index in [1.165, 1.54) is 4.90 Å². The number of aliphatic carboxylic acids is 1. The predicted octanol–water partition coefficient (Wildman–Crippen LogP) is 4.46. The second-order valence-electron chi connectivity index (χ2n) is 5.05. The first kappa shape index (κ1) is 13.9. The van der Waals surface area contributed by atoms with Crippen LogP contribution in [0.2, 0.25) is 0 Å². The minimum absolute atomic E-state index is 0.518. The molecule has 2 rings (SSSR count). The van der Waals surface area contributed by atoms with Crippen LogP contribution in [0.25, 0.3) is 0 Å². The fourth-order valence-corrected chi connectivity index (χ4v) is 3.79. The second-order valence-corrected chi connectivity index (χ2v) is 7.53. The average molecular weight is 329 g/mol. The lowest BCUT2D eigenvalue weighted by Gasteiger charge is -2.38. The lowest BCUT2D eigenvalue weighted by molar-refractivity contribution is -0.147. The lowest BCUT2D eigenvalue weighted by Crippen LogP contribution is -2.42. The van der Waals surface area contributed by atoms with Gasteiger partial charge in [0.25, 0.3) is 0 Å². The molecule has 0 spiro atoms. The quantitative estimate of drug-likeness (QED) is 0.829. The second kappa shape index (κ2) is 5.25. The number of carboxylic acid groups (broad SMARTS) is 1. The van der Waals surface area contributed by atoms with Gasteiger partial charge in [0.05, 0.1) is 5.41 Å². The van der Waals surface area contributed by atoms with E-state index in [4.69, 9.17) is 0 Å². The molecule has 0 saturated heterocycles. The van der Waals surface area contributed by atoms with Crippen LogP contribution in [0, 0.1) is 0 Å². The molecule has 1 saturated carbocycles. The zero-order chi connectivity index (χ0) is 13.3. The van der Waals surface area contributed by atoms with Crippen molar-refractivity contribution in [1.82, 2.24) is 0 Å². The van der Waals surface area contributed by atoms with Gasteiger partial charge in [-0.1, -0.05) is 26.3 Å². The molecule has 98 valence electrons. The van der Waals surface area contributed by atoms with Crippen molar-refractivity contribution in [1.29, 1.82) is 0 Å². The molecule has 1 fully saturated rings. The SMILES string of the molecule is CC(C)Sc1ccc(C2(C(=O)O)CCC2)cc1Br. The number of hydrogen-bond acceptors (Lipinski definition) is 2. The smallest absolute Gasteiger partial charge is 0.314 e. The van der Waals surface area contributed by atoms with E-state index in [0.29, 0.717) is 5.25 Å². The van der Waals surface area contributed by atoms with Gasteiger partial charge in [0, 0.05) is 14.6 Å². The molecule has 0 heterocycles. The van der Waals surface area contributed by atoms with E-state index in [-0.39, 0.29) is 0 Å². The van der Waals surface area contributed by atoms with Crippen molar-refractivity contribution >= 4 is 33.7 Å². The van der Waals surface area contributed by atoms with Gasteiger partial charge in [0.1, 0.15) is 0 Å². The lowest BCUT2D eigenvalue weighted by atomic mass is 9.64. The number of carboxylic acids is 1. The van der Waals surface area contributed by atoms with Crippen LogP contribution in [0.3, 0.4) is 0 Å². The van der Waals surface area contributed by atoms with Crippen molar-refractivity contribution in [3.63, 3.8) is 0 Å². The zero-order valence-corrected chi connectivity index (χ0v) is 13.0. The molecule has 0 bridgehead atoms. The highest BCUT2D eigenvalue weighted by molar-refractivity contribution is 9.10. The van der Waals surface area contributed by atoms with Crippen molar-refractivity contribution in [2.24, 2.45) is 0 Å². The Hall–Kier alpha value is -0.480. The van der Waals surface area contributed by atoms with Crippen molar-refractivity contribution in [3.05, 3.63) is 28.2 Å². The third-order valence-corrected chi connectivity index (χ3v) is 5.46. The summed E-state index contributed by atoms with van der Waals surface area (Å²) in [4.78, 5) is 12.6. The number of thioether (sulfide) groups is 1. The highest BCUT2D eigenvalue weighted by Gasteiger charge is 2.46. The number of halogens is 1. The number of benzene rings is 1. The largest absolute Gasteiger partial charge is 0.481 e. The van der Waals surface area contributed by atoms with Crippen molar-refractivity contribution in [2.45, 2.75) is 48.7 Å². The minimum atomic E-state index is -0.690. The standard InChI is InChI=1S/C14H17BrO2S/c1-9(2)18-12-5-4-10(8-11(12)15)14(13(16)17)6-3-7-14/h4-5,8-9H,3,6-7H2,1-2H3,(H,16,17). The van der Waals surface area contributed by atoms with Crippen LogP contribution in [-0.4, -0.2) is 16.3 Å². The maximum atomic E-state index is 11.5. The average Bonchev–Trinajstić information content (AvgIpc) is 2.19. The van der Waals surface area contributed by atoms with Gasteiger partial charge in [0.15, 0.2) is 0 Å². The van der Waals surface area contributed by atoms with Crippen LogP contribution in [0.4, 0.5) is 0 Å². The fraction of sp³-hybridized carbons (Fsp3) is 0.500. The molecule has 1 aromatic rings. The summed E-state index contributed by atoms with van der Waals surface area (Å²) in [5.74, 6) is -0.690. The van der Waals surface area contributed by atoms with Crippen LogP contribution < -0.4 is 0 Å². The van der Waals surface area contributed by atoms with Crippen LogP contribution in [0.1, 0.15) is 38.7 Å². The van der Waals surface area contributed by atoms with Gasteiger partial charge in [-0.3, -0.25) is 4.79 Å². The van der Waals surface area contributed by atoms with Crippen LogP contribution in [0.15, 0.2) is 27.6 Å². The van der Waals surface area contributed by atoms with Gasteiger partial charge in [-0.15, -0.1) is 11.8 Å². The van der Waals surface area contributed by atoms with E-state index in [1.807, 2.05) is 18.2 Å². The molecule has 0 amide bonds. The Bertz CT molecular complexity index is 467. The van der Waals surface area contributed by atoms with Gasteiger partial charge < -0.3 is 5.11 Å². The van der Waals surface area contributed by atoms with E-state index in [9.17, 15) is 9.90 Å². The summed E-state index contributed by atoms with van der Waals surface area (Å²) in [7, 11) is 0. The molecule has 0 aliphatic heterocycles. The number of carbonyl (C=O) groups is 1. The Morgan fingerprint density at radius 1 is 1.44 bits per heavy atom. The summed E-state index contributed by atoms with van der Waals surface area (Å²) in [6.45, 7) is 4.30. The van der Waals surface area contributed by atoms with Crippen LogP contribution >= 0.6 is 27.7 Å². The van der Waals surface area contributed by atoms with Crippen molar-refractivity contribution in [2.75, 3.05) is 0 Å². The van der Waals surface area contributed by atoms with Crippen LogP contribution in [-0.2, 0) is 10.2 Å². The van der Waals surface area contributed by atoms with Gasteiger partial charge in [-0.05, 0) is 46.5 Å². The summed E-state index contributed by atoms with van der Waals surface area (Å²) in [5, 5.41) is 9.94. The first-order valence-electron chi connectivity index (χ1n) is 6.16. The normalized spacial score (nSPS) is 17.6. The van der Waals surface area contributed by atoms with Gasteiger partial charge in [0.2, 0.25) is 0 Å². The Kier molecular flexibility index (Phi) is 4.07.